The van der Waals surface area contributed by atoms with E-state index in [0.29, 0.717) is 5.92 Å². The van der Waals surface area contributed by atoms with E-state index in [9.17, 15) is 5.11 Å². The highest BCUT2D eigenvalue weighted by Gasteiger charge is 2.34. The van der Waals surface area contributed by atoms with Crippen LogP contribution in [0.25, 0.3) is 0 Å². The van der Waals surface area contributed by atoms with Crippen LogP contribution in [0.3, 0.4) is 0 Å². The van der Waals surface area contributed by atoms with Crippen molar-refractivity contribution in [2.45, 2.75) is 47.1 Å². The van der Waals surface area contributed by atoms with E-state index in [0.717, 1.165) is 6.42 Å². The van der Waals surface area contributed by atoms with Gasteiger partial charge in [0, 0.05) is 5.92 Å². The molecule has 0 aromatic heterocycles. The van der Waals surface area contributed by atoms with Crippen molar-refractivity contribution in [3.8, 4) is 0 Å². The molecule has 2 atom stereocenters. The van der Waals surface area contributed by atoms with Crippen LogP contribution in [0.1, 0.15) is 41.0 Å². The highest BCUT2D eigenvalue weighted by molar-refractivity contribution is 5.25. The average Bonchev–Trinajstić information content (AvgIpc) is 2.14. The molecule has 1 rings (SSSR count). The molecule has 0 fully saturated rings. The second-order valence-electron chi connectivity index (χ2n) is 5.54. The highest BCUT2D eigenvalue weighted by Crippen LogP contribution is 2.41. The fourth-order valence-corrected chi connectivity index (χ4v) is 2.50. The molecule has 0 aromatic rings. The summed E-state index contributed by atoms with van der Waals surface area (Å²) in [6.45, 7) is 10.7. The monoisotopic (exact) mass is 220 g/mol. The van der Waals surface area contributed by atoms with E-state index in [1.165, 1.54) is 11.1 Å². The van der Waals surface area contributed by atoms with Gasteiger partial charge < -0.3 is 5.11 Å². The van der Waals surface area contributed by atoms with E-state index < -0.39 is 0 Å². The summed E-state index contributed by atoms with van der Waals surface area (Å²) in [5.74, 6) is 0.436. The Morgan fingerprint density at radius 3 is 2.62 bits per heavy atom. The van der Waals surface area contributed by atoms with Gasteiger partial charge in [-0.15, -0.1) is 0 Å². The van der Waals surface area contributed by atoms with Gasteiger partial charge in [0.25, 0.3) is 0 Å². The van der Waals surface area contributed by atoms with E-state index in [4.69, 9.17) is 0 Å². The van der Waals surface area contributed by atoms with Crippen LogP contribution in [0.5, 0.6) is 0 Å². The van der Waals surface area contributed by atoms with Gasteiger partial charge in [-0.1, -0.05) is 49.3 Å². The lowest BCUT2D eigenvalue weighted by Gasteiger charge is -2.38. The normalized spacial score (nSPS) is 30.6. The zero-order valence-corrected chi connectivity index (χ0v) is 11.1. The van der Waals surface area contributed by atoms with Gasteiger partial charge in [0.05, 0.1) is 6.10 Å². The van der Waals surface area contributed by atoms with Gasteiger partial charge in [-0.05, 0) is 32.6 Å². The predicted molar refractivity (Wildman–Crippen MR) is 70.2 cm³/mol. The van der Waals surface area contributed by atoms with E-state index >= 15 is 0 Å². The predicted octanol–water partition coefficient (Wildman–Crippen LogP) is 3.86. The average molecular weight is 220 g/mol. The minimum atomic E-state index is -0.275. The fourth-order valence-electron chi connectivity index (χ4n) is 2.50. The van der Waals surface area contributed by atoms with Gasteiger partial charge in [0.2, 0.25) is 0 Å². The van der Waals surface area contributed by atoms with Gasteiger partial charge >= 0.3 is 0 Å². The summed E-state index contributed by atoms with van der Waals surface area (Å²) in [5.41, 5.74) is 2.71. The Hall–Kier alpha value is -0.820. The first-order valence-corrected chi connectivity index (χ1v) is 6.04. The number of allylic oxidation sites excluding steroid dienone is 5. The van der Waals surface area contributed by atoms with Crippen LogP contribution >= 0.6 is 0 Å². The maximum Gasteiger partial charge on any atom is 0.0729 e. The lowest BCUT2D eigenvalue weighted by Crippen LogP contribution is -2.32. The highest BCUT2D eigenvalue weighted by atomic mass is 16.3. The van der Waals surface area contributed by atoms with Crippen LogP contribution in [0.15, 0.2) is 35.5 Å². The number of aliphatic hydroxyl groups is 1. The Morgan fingerprint density at radius 2 is 2.12 bits per heavy atom. The Morgan fingerprint density at radius 1 is 1.50 bits per heavy atom. The van der Waals surface area contributed by atoms with Crippen LogP contribution in [0.2, 0.25) is 0 Å². The first-order valence-electron chi connectivity index (χ1n) is 6.04. The summed E-state index contributed by atoms with van der Waals surface area (Å²) in [6, 6.07) is 0. The summed E-state index contributed by atoms with van der Waals surface area (Å²) in [5, 5.41) is 9.74. The molecule has 0 saturated heterocycles. The molecule has 90 valence electrons. The molecule has 0 spiro atoms. The van der Waals surface area contributed by atoms with Crippen molar-refractivity contribution < 1.29 is 5.11 Å². The first kappa shape index (κ1) is 13.2. The molecule has 0 saturated carbocycles. The molecule has 0 aromatic carbocycles. The molecule has 0 bridgehead atoms. The molecule has 0 aliphatic heterocycles. The molecule has 1 N–H and O–H groups in total. The van der Waals surface area contributed by atoms with Crippen LogP contribution in [-0.4, -0.2) is 11.2 Å². The third-order valence-corrected chi connectivity index (χ3v) is 3.53. The largest absolute Gasteiger partial charge is 0.389 e. The van der Waals surface area contributed by atoms with Crippen molar-refractivity contribution in [1.82, 2.24) is 0 Å². The second kappa shape index (κ2) is 5.01. The molecule has 1 nitrogen and oxygen atoms in total. The maximum absolute atomic E-state index is 9.74. The third-order valence-electron chi connectivity index (χ3n) is 3.53. The molecule has 1 aliphatic carbocycles. The zero-order valence-electron chi connectivity index (χ0n) is 11.1. The maximum atomic E-state index is 9.74. The quantitative estimate of drug-likeness (QED) is 0.553. The number of rotatable bonds is 2. The summed E-state index contributed by atoms with van der Waals surface area (Å²) in [7, 11) is 0. The lowest BCUT2D eigenvalue weighted by molar-refractivity contribution is 0.117. The van der Waals surface area contributed by atoms with Crippen molar-refractivity contribution in [3.63, 3.8) is 0 Å². The van der Waals surface area contributed by atoms with Gasteiger partial charge in [0.1, 0.15) is 0 Å². The zero-order chi connectivity index (χ0) is 12.3. The molecule has 0 radical (unpaired) electrons. The summed E-state index contributed by atoms with van der Waals surface area (Å²) in [6.07, 6.45) is 9.12. The Bertz CT molecular complexity index is 331. The van der Waals surface area contributed by atoms with Gasteiger partial charge in [-0.3, -0.25) is 0 Å². The molecular weight excluding hydrogens is 196 g/mol. The Kier molecular flexibility index (Phi) is 4.15. The topological polar surface area (TPSA) is 20.2 Å². The lowest BCUT2D eigenvalue weighted by atomic mass is 9.67. The van der Waals surface area contributed by atoms with E-state index in [1.54, 1.807) is 0 Å². The van der Waals surface area contributed by atoms with Gasteiger partial charge in [-0.2, -0.15) is 0 Å². The van der Waals surface area contributed by atoms with Crippen LogP contribution in [0.4, 0.5) is 0 Å². The van der Waals surface area contributed by atoms with Crippen molar-refractivity contribution in [2.75, 3.05) is 0 Å². The summed E-state index contributed by atoms with van der Waals surface area (Å²) >= 11 is 0. The molecule has 16 heavy (non-hydrogen) atoms. The van der Waals surface area contributed by atoms with Crippen molar-refractivity contribution in [2.24, 2.45) is 11.3 Å². The standard InChI is InChI=1S/C15H24O/c1-6-11(2)7-8-14-12(3)9-13(16)10-15(14,4)5/h6-9,13-14,16H,10H2,1-5H3/t13-,14-/m0/s1. The second-order valence-corrected chi connectivity index (χ2v) is 5.54. The van der Waals surface area contributed by atoms with Crippen molar-refractivity contribution in [3.05, 3.63) is 35.5 Å². The SMILES string of the molecule is CC=C(C)C=C[C@H]1C(C)=C[C@H](O)CC1(C)C. The van der Waals surface area contributed by atoms with E-state index in [-0.39, 0.29) is 11.5 Å². The van der Waals surface area contributed by atoms with E-state index in [1.807, 2.05) is 6.08 Å². The Balaban J connectivity index is 2.93. The van der Waals surface area contributed by atoms with Crippen LogP contribution in [0, 0.1) is 11.3 Å². The van der Waals surface area contributed by atoms with Gasteiger partial charge in [0.15, 0.2) is 0 Å². The molecule has 1 aliphatic rings. The minimum absolute atomic E-state index is 0.142. The van der Waals surface area contributed by atoms with Gasteiger partial charge in [-0.25, -0.2) is 0 Å². The third kappa shape index (κ3) is 3.08. The first-order chi connectivity index (χ1) is 7.36. The van der Waals surface area contributed by atoms with Crippen molar-refractivity contribution >= 4 is 0 Å². The minimum Gasteiger partial charge on any atom is -0.389 e. The summed E-state index contributed by atoms with van der Waals surface area (Å²) < 4.78 is 0. The Labute approximate surface area is 99.6 Å². The molecular formula is C15H24O. The molecule has 0 unspecified atom stereocenters. The van der Waals surface area contributed by atoms with Crippen LogP contribution in [-0.2, 0) is 0 Å². The summed E-state index contributed by atoms with van der Waals surface area (Å²) in [4.78, 5) is 0. The molecule has 0 heterocycles. The molecule has 0 amide bonds. The van der Waals surface area contributed by atoms with Crippen molar-refractivity contribution in [1.29, 1.82) is 0 Å². The number of aliphatic hydroxyl groups excluding tert-OH is 1. The van der Waals surface area contributed by atoms with Crippen LogP contribution < -0.4 is 0 Å². The number of hydrogen-bond donors (Lipinski definition) is 1. The fraction of sp³-hybridized carbons (Fsp3) is 0.600. The molecule has 1 heteroatoms. The van der Waals surface area contributed by atoms with E-state index in [2.05, 4.69) is 52.8 Å². The number of hydrogen-bond acceptors (Lipinski definition) is 1. The smallest absolute Gasteiger partial charge is 0.0729 e.